The molecule has 4 rings (SSSR count). The molecule has 0 saturated carbocycles. The summed E-state index contributed by atoms with van der Waals surface area (Å²) in [6.07, 6.45) is 0. The predicted octanol–water partition coefficient (Wildman–Crippen LogP) is 4.06. The molecule has 1 amide bonds. The van der Waals surface area contributed by atoms with Crippen LogP contribution < -0.4 is 5.32 Å². The Morgan fingerprint density at radius 3 is 2.67 bits per heavy atom. The molecular formula is C22H16N4O3S. The fourth-order valence-corrected chi connectivity index (χ4v) is 4.05. The number of rotatable bonds is 5. The molecule has 0 aliphatic carbocycles. The highest BCUT2D eigenvalue weighted by molar-refractivity contribution is 7.20. The van der Waals surface area contributed by atoms with Gasteiger partial charge in [-0.3, -0.25) is 4.79 Å². The molecule has 8 heteroatoms. The zero-order chi connectivity index (χ0) is 21.1. The summed E-state index contributed by atoms with van der Waals surface area (Å²) < 4.78 is 6.96. The topological polar surface area (TPSA) is 97.0 Å². The van der Waals surface area contributed by atoms with E-state index in [0.717, 1.165) is 21.6 Å². The first kappa shape index (κ1) is 19.4. The molecule has 2 aromatic carbocycles. The Morgan fingerprint density at radius 1 is 1.17 bits per heavy atom. The van der Waals surface area contributed by atoms with Crippen LogP contribution in [0.25, 0.3) is 15.9 Å². The van der Waals surface area contributed by atoms with Gasteiger partial charge in [0.05, 0.1) is 22.6 Å². The average Bonchev–Trinajstić information content (AvgIpc) is 3.34. The first-order valence-electron chi connectivity index (χ1n) is 9.07. The number of aryl methyl sites for hydroxylation is 1. The number of hydrogen-bond donors (Lipinski definition) is 1. The van der Waals surface area contributed by atoms with E-state index in [0.29, 0.717) is 16.1 Å². The smallest absolute Gasteiger partial charge is 0.348 e. The van der Waals surface area contributed by atoms with Crippen LogP contribution in [0.15, 0.2) is 60.7 Å². The molecule has 1 N–H and O–H groups in total. The molecule has 0 aliphatic heterocycles. The van der Waals surface area contributed by atoms with Gasteiger partial charge in [-0.15, -0.1) is 11.3 Å². The zero-order valence-electron chi connectivity index (χ0n) is 16.0. The van der Waals surface area contributed by atoms with Crippen molar-refractivity contribution in [2.24, 2.45) is 0 Å². The molecule has 4 aromatic rings. The van der Waals surface area contributed by atoms with Crippen LogP contribution in [0.5, 0.6) is 0 Å². The molecule has 0 bridgehead atoms. The van der Waals surface area contributed by atoms with Crippen LogP contribution >= 0.6 is 11.3 Å². The molecule has 0 atom stereocenters. The van der Waals surface area contributed by atoms with E-state index in [1.54, 1.807) is 35.0 Å². The SMILES string of the molecule is Cc1nn(-c2ccccc2)c2sc(C(=O)OCC(=O)Nc3ccccc3C#N)cc12. The van der Waals surface area contributed by atoms with E-state index in [-0.39, 0.29) is 0 Å². The molecule has 2 heterocycles. The van der Waals surface area contributed by atoms with Gasteiger partial charge in [-0.05, 0) is 37.3 Å². The maximum Gasteiger partial charge on any atom is 0.348 e. The van der Waals surface area contributed by atoms with Crippen LogP contribution in [0.4, 0.5) is 5.69 Å². The number of para-hydroxylation sites is 2. The van der Waals surface area contributed by atoms with Crippen LogP contribution in [-0.4, -0.2) is 28.3 Å². The number of aromatic nitrogens is 2. The second-order valence-corrected chi connectivity index (χ2v) is 7.47. The number of nitriles is 1. The summed E-state index contributed by atoms with van der Waals surface area (Å²) in [5.74, 6) is -1.10. The van der Waals surface area contributed by atoms with E-state index in [2.05, 4.69) is 10.4 Å². The lowest BCUT2D eigenvalue weighted by Gasteiger charge is -2.07. The van der Waals surface area contributed by atoms with Crippen molar-refractivity contribution >= 4 is 39.1 Å². The maximum atomic E-state index is 12.5. The second-order valence-electron chi connectivity index (χ2n) is 6.44. The molecule has 30 heavy (non-hydrogen) atoms. The number of carbonyl (C=O) groups excluding carboxylic acids is 2. The number of fused-ring (bicyclic) bond motifs is 1. The van der Waals surface area contributed by atoms with Gasteiger partial charge < -0.3 is 10.1 Å². The molecule has 0 radical (unpaired) electrons. The Bertz CT molecular complexity index is 1280. The minimum atomic E-state index is -0.584. The number of hydrogen-bond acceptors (Lipinski definition) is 6. The van der Waals surface area contributed by atoms with Crippen molar-refractivity contribution in [1.29, 1.82) is 5.26 Å². The van der Waals surface area contributed by atoms with Gasteiger partial charge in [0.2, 0.25) is 0 Å². The fourth-order valence-electron chi connectivity index (χ4n) is 2.97. The molecule has 0 saturated heterocycles. The molecule has 0 aliphatic rings. The van der Waals surface area contributed by atoms with Crippen molar-refractivity contribution < 1.29 is 14.3 Å². The highest BCUT2D eigenvalue weighted by Gasteiger charge is 2.19. The molecular weight excluding hydrogens is 400 g/mol. The lowest BCUT2D eigenvalue weighted by atomic mass is 10.2. The summed E-state index contributed by atoms with van der Waals surface area (Å²) in [4.78, 5) is 25.8. The van der Waals surface area contributed by atoms with Crippen molar-refractivity contribution in [3.8, 4) is 11.8 Å². The molecule has 0 fully saturated rings. The molecule has 148 valence electrons. The van der Waals surface area contributed by atoms with E-state index < -0.39 is 18.5 Å². The quantitative estimate of drug-likeness (QED) is 0.495. The molecule has 0 unspecified atom stereocenters. The van der Waals surface area contributed by atoms with Crippen molar-refractivity contribution in [3.63, 3.8) is 0 Å². The number of nitrogens with one attached hydrogen (secondary N) is 1. The van der Waals surface area contributed by atoms with Crippen molar-refractivity contribution in [2.75, 3.05) is 11.9 Å². The van der Waals surface area contributed by atoms with Crippen LogP contribution in [0, 0.1) is 18.3 Å². The summed E-state index contributed by atoms with van der Waals surface area (Å²) >= 11 is 1.26. The summed E-state index contributed by atoms with van der Waals surface area (Å²) in [6.45, 7) is 1.43. The van der Waals surface area contributed by atoms with E-state index in [9.17, 15) is 9.59 Å². The Hall–Kier alpha value is -3.96. The number of ether oxygens (including phenoxy) is 1. The Kier molecular flexibility index (Phi) is 5.28. The Morgan fingerprint density at radius 2 is 1.90 bits per heavy atom. The summed E-state index contributed by atoms with van der Waals surface area (Å²) in [7, 11) is 0. The minimum absolute atomic E-state index is 0.336. The number of esters is 1. The fraction of sp³-hybridized carbons (Fsp3) is 0.0909. The van der Waals surface area contributed by atoms with Gasteiger partial charge in [0, 0.05) is 5.39 Å². The summed E-state index contributed by atoms with van der Waals surface area (Å²) in [5, 5.41) is 17.1. The van der Waals surface area contributed by atoms with E-state index >= 15 is 0 Å². The largest absolute Gasteiger partial charge is 0.451 e. The lowest BCUT2D eigenvalue weighted by Crippen LogP contribution is -2.21. The third-order valence-electron chi connectivity index (χ3n) is 4.40. The Labute approximate surface area is 176 Å². The highest BCUT2D eigenvalue weighted by atomic mass is 32.1. The molecule has 2 aromatic heterocycles. The van der Waals surface area contributed by atoms with Gasteiger partial charge in [0.15, 0.2) is 6.61 Å². The van der Waals surface area contributed by atoms with Crippen molar-refractivity contribution in [1.82, 2.24) is 9.78 Å². The van der Waals surface area contributed by atoms with Crippen LogP contribution in [0.1, 0.15) is 20.9 Å². The van der Waals surface area contributed by atoms with Crippen LogP contribution in [0.3, 0.4) is 0 Å². The monoisotopic (exact) mass is 416 g/mol. The maximum absolute atomic E-state index is 12.5. The van der Waals surface area contributed by atoms with E-state index in [1.165, 1.54) is 11.3 Å². The van der Waals surface area contributed by atoms with Crippen LogP contribution in [0.2, 0.25) is 0 Å². The van der Waals surface area contributed by atoms with Gasteiger partial charge in [-0.1, -0.05) is 30.3 Å². The second kappa shape index (κ2) is 8.19. The van der Waals surface area contributed by atoms with Gasteiger partial charge in [0.1, 0.15) is 15.8 Å². The number of thiophene rings is 1. The van der Waals surface area contributed by atoms with Gasteiger partial charge in [-0.25, -0.2) is 9.48 Å². The van der Waals surface area contributed by atoms with Crippen molar-refractivity contribution in [2.45, 2.75) is 6.92 Å². The Balaban J connectivity index is 1.47. The molecule has 7 nitrogen and oxygen atoms in total. The number of benzene rings is 2. The van der Waals surface area contributed by atoms with Gasteiger partial charge in [0.25, 0.3) is 5.91 Å². The third kappa shape index (κ3) is 3.79. The number of carbonyl (C=O) groups is 2. The zero-order valence-corrected chi connectivity index (χ0v) is 16.8. The lowest BCUT2D eigenvalue weighted by molar-refractivity contribution is -0.119. The van der Waals surface area contributed by atoms with Gasteiger partial charge >= 0.3 is 5.97 Å². The van der Waals surface area contributed by atoms with Crippen molar-refractivity contribution in [3.05, 3.63) is 76.8 Å². The normalized spacial score (nSPS) is 10.5. The van der Waals surface area contributed by atoms with Gasteiger partial charge in [-0.2, -0.15) is 10.4 Å². The molecule has 0 spiro atoms. The highest BCUT2D eigenvalue weighted by Crippen LogP contribution is 2.30. The van der Waals surface area contributed by atoms with E-state index in [4.69, 9.17) is 10.00 Å². The third-order valence-corrected chi connectivity index (χ3v) is 5.49. The number of anilines is 1. The standard InChI is InChI=1S/C22H16N4O3S/c1-14-17-11-19(30-21(17)26(25-14)16-8-3-2-4-9-16)22(28)29-13-20(27)24-18-10-6-5-7-15(18)12-23/h2-11H,13H2,1H3,(H,24,27). The first-order chi connectivity index (χ1) is 14.6. The summed E-state index contributed by atoms with van der Waals surface area (Å²) in [5.41, 5.74) is 2.41. The predicted molar refractivity (Wildman–Crippen MR) is 114 cm³/mol. The van der Waals surface area contributed by atoms with Crippen LogP contribution in [-0.2, 0) is 9.53 Å². The minimum Gasteiger partial charge on any atom is -0.451 e. The number of amides is 1. The first-order valence-corrected chi connectivity index (χ1v) is 9.89. The number of nitrogens with zero attached hydrogens (tertiary/aromatic N) is 3. The van der Waals surface area contributed by atoms with E-state index in [1.807, 2.05) is 43.3 Å². The average molecular weight is 416 g/mol. The summed E-state index contributed by atoms with van der Waals surface area (Å²) in [6, 6.07) is 20.0.